The zero-order valence-corrected chi connectivity index (χ0v) is 4.67. The second-order valence-corrected chi connectivity index (χ2v) is 1.72. The van der Waals surface area contributed by atoms with Crippen LogP contribution in [0, 0.1) is 5.95 Å². The lowest BCUT2D eigenvalue weighted by Crippen LogP contribution is -2.04. The van der Waals surface area contributed by atoms with E-state index in [9.17, 15) is 17.6 Å². The lowest BCUT2D eigenvalue weighted by Gasteiger charge is -2.00. The monoisotopic (exact) mass is 153 g/mol. The maximum atomic E-state index is 11.9. The lowest BCUT2D eigenvalue weighted by atomic mass is 10.4. The number of aromatic nitrogens is 1. The topological polar surface area (TPSA) is 15.8 Å². The summed E-state index contributed by atoms with van der Waals surface area (Å²) in [6.07, 6.45) is -4.48. The van der Waals surface area contributed by atoms with Crippen molar-refractivity contribution >= 4 is 0 Å². The van der Waals surface area contributed by atoms with Crippen LogP contribution in [0.4, 0.5) is 17.6 Å². The van der Waals surface area contributed by atoms with Gasteiger partial charge in [0.25, 0.3) is 0 Å². The minimum atomic E-state index is -4.48. The van der Waals surface area contributed by atoms with Crippen molar-refractivity contribution in [2.24, 2.45) is 0 Å². The molecule has 0 unspecified atom stereocenters. The van der Waals surface area contributed by atoms with Crippen molar-refractivity contribution in [2.75, 3.05) is 0 Å². The average molecular weight is 153 g/mol. The van der Waals surface area contributed by atoms with E-state index in [2.05, 4.69) is 0 Å². The molecule has 0 bridgehead atoms. The Kier molecular flexibility index (Phi) is 1.42. The summed E-state index contributed by atoms with van der Waals surface area (Å²) in [5.74, 6) is -0.979. The normalized spacial score (nSPS) is 12.0. The second-order valence-electron chi connectivity index (χ2n) is 1.72. The summed E-state index contributed by atoms with van der Waals surface area (Å²) in [4.78, 5) is 1.52. The molecule has 1 N–H and O–H groups in total. The zero-order chi connectivity index (χ0) is 7.78. The molecule has 1 nitrogen and oxygen atoms in total. The summed E-state index contributed by atoms with van der Waals surface area (Å²) in [5.41, 5.74) is -1.06. The van der Waals surface area contributed by atoms with Crippen LogP contribution in [-0.2, 0) is 6.18 Å². The van der Waals surface area contributed by atoms with E-state index in [1.807, 2.05) is 0 Å². The Hall–Kier alpha value is -1.00. The molecule has 0 radical (unpaired) electrons. The van der Waals surface area contributed by atoms with Crippen LogP contribution in [-0.4, -0.2) is 4.98 Å². The van der Waals surface area contributed by atoms with Gasteiger partial charge in [0, 0.05) is 0 Å². The second kappa shape index (κ2) is 2.00. The highest BCUT2D eigenvalue weighted by molar-refractivity contribution is 5.08. The molecule has 1 aromatic rings. The predicted molar refractivity (Wildman–Crippen MR) is 25.8 cm³/mol. The first-order valence-corrected chi connectivity index (χ1v) is 2.42. The van der Waals surface area contributed by atoms with Gasteiger partial charge in [-0.25, -0.2) is 0 Å². The maximum Gasteiger partial charge on any atom is 0.431 e. The molecule has 5 heteroatoms. The molecule has 1 heterocycles. The maximum absolute atomic E-state index is 11.9. The Labute approximate surface area is 53.7 Å². The number of hydrogen-bond donors (Lipinski definition) is 1. The Morgan fingerprint density at radius 2 is 1.80 bits per heavy atom. The molecular formula is C5H3F4N. The molecule has 0 aliphatic rings. The molecule has 1 aromatic heterocycles. The molecule has 10 heavy (non-hydrogen) atoms. The molecule has 0 aliphatic carbocycles. The molecule has 0 atom stereocenters. The highest BCUT2D eigenvalue weighted by Gasteiger charge is 2.32. The summed E-state index contributed by atoms with van der Waals surface area (Å²) in [6, 6.07) is 1.37. The van der Waals surface area contributed by atoms with E-state index >= 15 is 0 Å². The minimum Gasteiger partial charge on any atom is -0.328 e. The van der Waals surface area contributed by atoms with Gasteiger partial charge in [-0.1, -0.05) is 0 Å². The molecular weight excluding hydrogens is 150 g/mol. The highest BCUT2D eigenvalue weighted by atomic mass is 19.4. The first-order chi connectivity index (χ1) is 4.50. The summed E-state index contributed by atoms with van der Waals surface area (Å²) >= 11 is 0. The minimum absolute atomic E-state index is 0.648. The molecule has 0 amide bonds. The van der Waals surface area contributed by atoms with Gasteiger partial charge >= 0.3 is 6.18 Å². The first-order valence-electron chi connectivity index (χ1n) is 2.42. The Morgan fingerprint density at radius 3 is 2.00 bits per heavy atom. The molecule has 56 valence electrons. The van der Waals surface area contributed by atoms with Gasteiger partial charge in [0.05, 0.1) is 0 Å². The van der Waals surface area contributed by atoms with E-state index in [1.54, 1.807) is 0 Å². The van der Waals surface area contributed by atoms with E-state index in [0.717, 1.165) is 6.07 Å². The number of rotatable bonds is 0. The van der Waals surface area contributed by atoms with Crippen LogP contribution in [0.1, 0.15) is 5.69 Å². The number of aromatic amines is 1. The lowest BCUT2D eigenvalue weighted by molar-refractivity contribution is -0.141. The molecule has 0 saturated heterocycles. The standard InChI is InChI=1S/C5H3F4N/c6-4-2-1-3(10-4)5(7,8)9/h1-2,10H. The van der Waals surface area contributed by atoms with Gasteiger partial charge in [0.2, 0.25) is 0 Å². The summed E-state index contributed by atoms with van der Waals surface area (Å²) < 4.78 is 46.7. The van der Waals surface area contributed by atoms with Crippen molar-refractivity contribution in [3.63, 3.8) is 0 Å². The Balaban J connectivity index is 2.96. The van der Waals surface area contributed by atoms with Crippen molar-refractivity contribution in [3.8, 4) is 0 Å². The van der Waals surface area contributed by atoms with Crippen LogP contribution < -0.4 is 0 Å². The number of alkyl halides is 3. The zero-order valence-electron chi connectivity index (χ0n) is 4.67. The number of hydrogen-bond acceptors (Lipinski definition) is 0. The average Bonchev–Trinajstić information content (AvgIpc) is 2.11. The molecule has 0 aliphatic heterocycles. The highest BCUT2D eigenvalue weighted by Crippen LogP contribution is 2.27. The quantitative estimate of drug-likeness (QED) is 0.550. The fourth-order valence-electron chi connectivity index (χ4n) is 0.534. The number of H-pyrrole nitrogens is 1. The first kappa shape index (κ1) is 7.11. The van der Waals surface area contributed by atoms with Gasteiger partial charge in [0.15, 0.2) is 5.95 Å². The van der Waals surface area contributed by atoms with E-state index in [1.165, 1.54) is 4.98 Å². The van der Waals surface area contributed by atoms with Gasteiger partial charge in [0.1, 0.15) is 5.69 Å². The van der Waals surface area contributed by atoms with Crippen molar-refractivity contribution < 1.29 is 17.6 Å². The van der Waals surface area contributed by atoms with E-state index in [0.29, 0.717) is 6.07 Å². The van der Waals surface area contributed by atoms with Crippen molar-refractivity contribution in [1.29, 1.82) is 0 Å². The van der Waals surface area contributed by atoms with Gasteiger partial charge < -0.3 is 4.98 Å². The summed E-state index contributed by atoms with van der Waals surface area (Å²) in [7, 11) is 0. The van der Waals surface area contributed by atoms with Crippen LogP contribution >= 0.6 is 0 Å². The SMILES string of the molecule is Fc1ccc(C(F)(F)F)[nH]1. The van der Waals surface area contributed by atoms with Gasteiger partial charge in [-0.2, -0.15) is 17.6 Å². The van der Waals surface area contributed by atoms with Gasteiger partial charge in [-0.3, -0.25) is 0 Å². The van der Waals surface area contributed by atoms with Crippen molar-refractivity contribution in [2.45, 2.75) is 6.18 Å². The molecule has 0 fully saturated rings. The smallest absolute Gasteiger partial charge is 0.328 e. The molecule has 0 spiro atoms. The number of halogens is 4. The molecule has 0 saturated carbocycles. The van der Waals surface area contributed by atoms with Gasteiger partial charge in [-0.15, -0.1) is 0 Å². The fourth-order valence-corrected chi connectivity index (χ4v) is 0.534. The Bertz CT molecular complexity index is 224. The van der Waals surface area contributed by atoms with Gasteiger partial charge in [-0.05, 0) is 12.1 Å². The van der Waals surface area contributed by atoms with Crippen LogP contribution in [0.15, 0.2) is 12.1 Å². The third-order valence-corrected chi connectivity index (χ3v) is 0.956. The largest absolute Gasteiger partial charge is 0.431 e. The number of nitrogens with one attached hydrogen (secondary N) is 1. The predicted octanol–water partition coefficient (Wildman–Crippen LogP) is 2.17. The van der Waals surface area contributed by atoms with Crippen molar-refractivity contribution in [3.05, 3.63) is 23.8 Å². The third kappa shape index (κ3) is 1.29. The fraction of sp³-hybridized carbons (Fsp3) is 0.200. The van der Waals surface area contributed by atoms with Crippen LogP contribution in [0.5, 0.6) is 0 Å². The van der Waals surface area contributed by atoms with Crippen LogP contribution in [0.3, 0.4) is 0 Å². The van der Waals surface area contributed by atoms with E-state index in [4.69, 9.17) is 0 Å². The van der Waals surface area contributed by atoms with Crippen LogP contribution in [0.25, 0.3) is 0 Å². The Morgan fingerprint density at radius 1 is 1.20 bits per heavy atom. The van der Waals surface area contributed by atoms with Crippen molar-refractivity contribution in [1.82, 2.24) is 4.98 Å². The van der Waals surface area contributed by atoms with E-state index in [-0.39, 0.29) is 0 Å². The summed E-state index contributed by atoms with van der Waals surface area (Å²) in [6.45, 7) is 0. The molecule has 1 rings (SSSR count). The molecule has 0 aromatic carbocycles. The van der Waals surface area contributed by atoms with Crippen LogP contribution in [0.2, 0.25) is 0 Å². The summed E-state index contributed by atoms with van der Waals surface area (Å²) in [5, 5.41) is 0. The third-order valence-electron chi connectivity index (χ3n) is 0.956. The van der Waals surface area contributed by atoms with E-state index < -0.39 is 17.8 Å².